The van der Waals surface area contributed by atoms with E-state index in [1.807, 2.05) is 29.5 Å². The summed E-state index contributed by atoms with van der Waals surface area (Å²) in [6, 6.07) is 7.80. The smallest absolute Gasteiger partial charge is 0.239 e. The van der Waals surface area contributed by atoms with Crippen LogP contribution in [0.25, 0.3) is 0 Å². The second kappa shape index (κ2) is 6.48. The zero-order chi connectivity index (χ0) is 13.7. The molecule has 0 unspecified atom stereocenters. The molecule has 19 heavy (non-hydrogen) atoms. The fourth-order valence-corrected chi connectivity index (χ4v) is 3.17. The van der Waals surface area contributed by atoms with Gasteiger partial charge < -0.3 is 5.32 Å². The first-order valence-electron chi connectivity index (χ1n) is 5.67. The van der Waals surface area contributed by atoms with Crippen LogP contribution in [0, 0.1) is 11.3 Å². The number of carbonyl (C=O) groups excluding carboxylic acids is 1. The minimum absolute atomic E-state index is 0.0991. The lowest BCUT2D eigenvalue weighted by Gasteiger charge is -2.14. The first-order chi connectivity index (χ1) is 9.19. The molecule has 0 atom stereocenters. The molecule has 0 bridgehead atoms. The quantitative estimate of drug-likeness (QED) is 0.921. The molecule has 4 nitrogen and oxygen atoms in total. The normalized spacial score (nSPS) is 10.4. The predicted molar refractivity (Wildman–Crippen MR) is 78.3 cm³/mol. The van der Waals surface area contributed by atoms with Crippen LogP contribution in [0.1, 0.15) is 10.4 Å². The second-order valence-corrected chi connectivity index (χ2v) is 6.02. The molecule has 0 saturated heterocycles. The van der Waals surface area contributed by atoms with Crippen molar-refractivity contribution >= 4 is 33.6 Å². The molecule has 1 N–H and O–H groups in total. The zero-order valence-electron chi connectivity index (χ0n) is 10.4. The summed E-state index contributed by atoms with van der Waals surface area (Å²) in [4.78, 5) is 15.0. The molecule has 0 aliphatic heterocycles. The SMILES string of the molecule is CN(CC(=O)Nc1sccc1C#N)Cc1cccs1. The van der Waals surface area contributed by atoms with E-state index in [0.717, 1.165) is 6.54 Å². The highest BCUT2D eigenvalue weighted by Crippen LogP contribution is 2.22. The molecule has 2 heterocycles. The highest BCUT2D eigenvalue weighted by Gasteiger charge is 2.11. The van der Waals surface area contributed by atoms with E-state index < -0.39 is 0 Å². The molecule has 6 heteroatoms. The number of nitrogens with one attached hydrogen (secondary N) is 1. The molecule has 0 saturated carbocycles. The Morgan fingerprint density at radius 1 is 1.42 bits per heavy atom. The van der Waals surface area contributed by atoms with Crippen molar-refractivity contribution < 1.29 is 4.79 Å². The summed E-state index contributed by atoms with van der Waals surface area (Å²) in [5.41, 5.74) is 0.513. The molecule has 2 aromatic heterocycles. The van der Waals surface area contributed by atoms with Gasteiger partial charge in [0.05, 0.1) is 12.1 Å². The number of hydrogen-bond donors (Lipinski definition) is 1. The molecule has 0 radical (unpaired) electrons. The Hall–Kier alpha value is -1.68. The Balaban J connectivity index is 1.86. The van der Waals surface area contributed by atoms with Crippen LogP contribution >= 0.6 is 22.7 Å². The van der Waals surface area contributed by atoms with E-state index in [1.165, 1.54) is 16.2 Å². The van der Waals surface area contributed by atoms with Crippen LogP contribution in [0.5, 0.6) is 0 Å². The molecule has 0 aliphatic rings. The molecular formula is C13H13N3OS2. The lowest BCUT2D eigenvalue weighted by Crippen LogP contribution is -2.29. The topological polar surface area (TPSA) is 56.1 Å². The van der Waals surface area contributed by atoms with Crippen molar-refractivity contribution in [3.05, 3.63) is 39.4 Å². The number of nitrogens with zero attached hydrogens (tertiary/aromatic N) is 2. The van der Waals surface area contributed by atoms with Gasteiger partial charge in [-0.3, -0.25) is 9.69 Å². The number of hydrogen-bond acceptors (Lipinski definition) is 5. The molecule has 2 aromatic rings. The van der Waals surface area contributed by atoms with E-state index in [9.17, 15) is 4.79 Å². The monoisotopic (exact) mass is 291 g/mol. The van der Waals surface area contributed by atoms with Crippen LogP contribution in [-0.2, 0) is 11.3 Å². The van der Waals surface area contributed by atoms with Crippen LogP contribution < -0.4 is 5.32 Å². The van der Waals surface area contributed by atoms with E-state index in [4.69, 9.17) is 5.26 Å². The van der Waals surface area contributed by atoms with Gasteiger partial charge in [0.15, 0.2) is 0 Å². The number of anilines is 1. The number of nitriles is 1. The Morgan fingerprint density at radius 3 is 2.95 bits per heavy atom. The lowest BCUT2D eigenvalue weighted by molar-refractivity contribution is -0.117. The Labute approximate surface area is 119 Å². The first kappa shape index (κ1) is 13.7. The second-order valence-electron chi connectivity index (χ2n) is 4.08. The standard InChI is InChI=1S/C13H13N3OS2/c1-16(8-11-3-2-5-18-11)9-12(17)15-13-10(7-14)4-6-19-13/h2-6H,8-9H2,1H3,(H,15,17). The number of likely N-dealkylation sites (N-methyl/N-ethyl adjacent to an activating group) is 1. The van der Waals surface area contributed by atoms with Gasteiger partial charge in [-0.25, -0.2) is 0 Å². The summed E-state index contributed by atoms with van der Waals surface area (Å²) in [5, 5.41) is 16.1. The highest BCUT2D eigenvalue weighted by molar-refractivity contribution is 7.14. The maximum absolute atomic E-state index is 11.9. The van der Waals surface area contributed by atoms with Crippen molar-refractivity contribution in [1.29, 1.82) is 5.26 Å². The van der Waals surface area contributed by atoms with E-state index in [2.05, 4.69) is 11.4 Å². The van der Waals surface area contributed by atoms with Crippen molar-refractivity contribution in [2.75, 3.05) is 18.9 Å². The van der Waals surface area contributed by atoms with Gasteiger partial charge in [-0.05, 0) is 29.9 Å². The maximum atomic E-state index is 11.9. The van der Waals surface area contributed by atoms with Gasteiger partial charge in [0.25, 0.3) is 0 Å². The maximum Gasteiger partial charge on any atom is 0.239 e. The van der Waals surface area contributed by atoms with Gasteiger partial charge in [-0.1, -0.05) is 6.07 Å². The van der Waals surface area contributed by atoms with Gasteiger partial charge in [0, 0.05) is 11.4 Å². The van der Waals surface area contributed by atoms with Gasteiger partial charge in [-0.2, -0.15) is 5.26 Å². The first-order valence-corrected chi connectivity index (χ1v) is 7.43. The third-order valence-electron chi connectivity index (χ3n) is 2.46. The number of carbonyl (C=O) groups is 1. The average molecular weight is 291 g/mol. The Bertz CT molecular complexity index is 583. The minimum atomic E-state index is -0.0991. The third-order valence-corrected chi connectivity index (χ3v) is 4.15. The molecule has 0 aliphatic carbocycles. The Kier molecular flexibility index (Phi) is 4.68. The van der Waals surface area contributed by atoms with Gasteiger partial charge in [0.2, 0.25) is 5.91 Å². The van der Waals surface area contributed by atoms with Crippen LogP contribution in [-0.4, -0.2) is 24.4 Å². The van der Waals surface area contributed by atoms with Crippen molar-refractivity contribution in [3.8, 4) is 6.07 Å². The number of rotatable bonds is 5. The Morgan fingerprint density at radius 2 is 2.26 bits per heavy atom. The van der Waals surface area contributed by atoms with Crippen LogP contribution in [0.4, 0.5) is 5.00 Å². The summed E-state index contributed by atoms with van der Waals surface area (Å²) >= 11 is 3.04. The molecule has 0 spiro atoms. The fourth-order valence-electron chi connectivity index (χ4n) is 1.63. The van der Waals surface area contributed by atoms with Crippen molar-refractivity contribution in [3.63, 3.8) is 0 Å². The molecule has 0 aromatic carbocycles. The largest absolute Gasteiger partial charge is 0.315 e. The van der Waals surface area contributed by atoms with Gasteiger partial charge >= 0.3 is 0 Å². The van der Waals surface area contributed by atoms with Crippen molar-refractivity contribution in [1.82, 2.24) is 4.90 Å². The number of amides is 1. The van der Waals surface area contributed by atoms with Gasteiger partial charge in [0.1, 0.15) is 11.1 Å². The number of thiophene rings is 2. The van der Waals surface area contributed by atoms with Crippen LogP contribution in [0.15, 0.2) is 29.0 Å². The molecule has 2 rings (SSSR count). The third kappa shape index (κ3) is 3.89. The molecule has 0 fully saturated rings. The van der Waals surface area contributed by atoms with E-state index in [0.29, 0.717) is 17.1 Å². The van der Waals surface area contributed by atoms with Crippen LogP contribution in [0.2, 0.25) is 0 Å². The lowest BCUT2D eigenvalue weighted by atomic mass is 10.3. The van der Waals surface area contributed by atoms with E-state index in [-0.39, 0.29) is 5.91 Å². The summed E-state index contributed by atoms with van der Waals surface area (Å²) < 4.78 is 0. The van der Waals surface area contributed by atoms with E-state index >= 15 is 0 Å². The predicted octanol–water partition coefficient (Wildman–Crippen LogP) is 2.75. The van der Waals surface area contributed by atoms with Crippen LogP contribution in [0.3, 0.4) is 0 Å². The summed E-state index contributed by atoms with van der Waals surface area (Å²) in [5.74, 6) is -0.0991. The zero-order valence-corrected chi connectivity index (χ0v) is 12.1. The van der Waals surface area contributed by atoms with Crippen molar-refractivity contribution in [2.24, 2.45) is 0 Å². The average Bonchev–Trinajstić information content (AvgIpc) is 2.99. The fraction of sp³-hybridized carbons (Fsp3) is 0.231. The van der Waals surface area contributed by atoms with E-state index in [1.54, 1.807) is 22.8 Å². The summed E-state index contributed by atoms with van der Waals surface area (Å²) in [6.07, 6.45) is 0. The highest BCUT2D eigenvalue weighted by atomic mass is 32.1. The molecule has 98 valence electrons. The molecular weight excluding hydrogens is 278 g/mol. The summed E-state index contributed by atoms with van der Waals surface area (Å²) in [6.45, 7) is 1.06. The van der Waals surface area contributed by atoms with Gasteiger partial charge in [-0.15, -0.1) is 22.7 Å². The summed E-state index contributed by atoms with van der Waals surface area (Å²) in [7, 11) is 1.90. The molecule has 1 amide bonds. The minimum Gasteiger partial charge on any atom is -0.315 e. The van der Waals surface area contributed by atoms with Crippen molar-refractivity contribution in [2.45, 2.75) is 6.54 Å².